The van der Waals surface area contributed by atoms with Crippen LogP contribution in [0.3, 0.4) is 0 Å². The van der Waals surface area contributed by atoms with Crippen LogP contribution in [-0.2, 0) is 9.59 Å². The number of carboxylic acid groups (broad SMARTS) is 1. The van der Waals surface area contributed by atoms with Crippen molar-refractivity contribution in [3.63, 3.8) is 0 Å². The van der Waals surface area contributed by atoms with E-state index in [0.29, 0.717) is 18.4 Å². The molecule has 1 N–H and O–H groups in total. The summed E-state index contributed by atoms with van der Waals surface area (Å²) in [5.74, 6) is 0.646. The lowest BCUT2D eigenvalue weighted by Gasteiger charge is -2.30. The number of thiol groups is 1. The van der Waals surface area contributed by atoms with Gasteiger partial charge in [-0.3, -0.25) is 9.59 Å². The predicted octanol–water partition coefficient (Wildman–Crippen LogP) is 1.90. The third-order valence-electron chi connectivity index (χ3n) is 3.69. The van der Waals surface area contributed by atoms with Crippen LogP contribution < -0.4 is 0 Å². The number of hydrogen-bond donors (Lipinski definition) is 2. The molecule has 5 heteroatoms. The SMILES string of the molecule is CC(C)(C)C1CN(C(=O)CCC(=O)O)CC1CS. The van der Waals surface area contributed by atoms with Crippen LogP contribution in [0.15, 0.2) is 0 Å². The van der Waals surface area contributed by atoms with Gasteiger partial charge in [0.05, 0.1) is 6.42 Å². The van der Waals surface area contributed by atoms with E-state index in [1.807, 2.05) is 0 Å². The fraction of sp³-hybridized carbons (Fsp3) is 0.846. The zero-order chi connectivity index (χ0) is 13.9. The number of carboxylic acids is 1. The molecule has 1 aliphatic rings. The van der Waals surface area contributed by atoms with Gasteiger partial charge < -0.3 is 10.0 Å². The summed E-state index contributed by atoms with van der Waals surface area (Å²) >= 11 is 4.37. The van der Waals surface area contributed by atoms with Crippen molar-refractivity contribution >= 4 is 24.5 Å². The van der Waals surface area contributed by atoms with Gasteiger partial charge in [-0.1, -0.05) is 20.8 Å². The lowest BCUT2D eigenvalue weighted by atomic mass is 9.75. The molecule has 18 heavy (non-hydrogen) atoms. The summed E-state index contributed by atoms with van der Waals surface area (Å²) in [4.78, 5) is 24.2. The summed E-state index contributed by atoms with van der Waals surface area (Å²) in [5, 5.41) is 8.60. The molecule has 1 aliphatic heterocycles. The van der Waals surface area contributed by atoms with Gasteiger partial charge in [0.1, 0.15) is 0 Å². The smallest absolute Gasteiger partial charge is 0.303 e. The van der Waals surface area contributed by atoms with Crippen molar-refractivity contribution in [2.75, 3.05) is 18.8 Å². The molecule has 0 aromatic heterocycles. The van der Waals surface area contributed by atoms with Gasteiger partial charge in [-0.25, -0.2) is 0 Å². The number of aliphatic carboxylic acids is 1. The third-order valence-corrected chi connectivity index (χ3v) is 4.16. The summed E-state index contributed by atoms with van der Waals surface area (Å²) in [6.45, 7) is 7.98. The zero-order valence-corrected chi connectivity index (χ0v) is 12.2. The molecule has 4 nitrogen and oxygen atoms in total. The maximum Gasteiger partial charge on any atom is 0.303 e. The average molecular weight is 273 g/mol. The molecular weight excluding hydrogens is 250 g/mol. The second kappa shape index (κ2) is 5.95. The van der Waals surface area contributed by atoms with E-state index < -0.39 is 5.97 Å². The Balaban J connectivity index is 2.61. The molecule has 0 spiro atoms. The van der Waals surface area contributed by atoms with Crippen LogP contribution in [0.5, 0.6) is 0 Å². The zero-order valence-electron chi connectivity index (χ0n) is 11.3. The number of rotatable bonds is 4. The molecule has 2 unspecified atom stereocenters. The lowest BCUT2D eigenvalue weighted by molar-refractivity contribution is -0.140. The van der Waals surface area contributed by atoms with Gasteiger partial charge in [0.2, 0.25) is 5.91 Å². The molecule has 0 aliphatic carbocycles. The van der Waals surface area contributed by atoms with Gasteiger partial charge in [0, 0.05) is 19.5 Å². The minimum atomic E-state index is -0.916. The number of amides is 1. The molecule has 1 amide bonds. The third kappa shape index (κ3) is 3.90. The van der Waals surface area contributed by atoms with Crippen molar-refractivity contribution in [3.05, 3.63) is 0 Å². The maximum absolute atomic E-state index is 11.9. The molecule has 0 radical (unpaired) electrons. The molecule has 2 atom stereocenters. The highest BCUT2D eigenvalue weighted by molar-refractivity contribution is 7.80. The Hall–Kier alpha value is -0.710. The summed E-state index contributed by atoms with van der Waals surface area (Å²) in [5.41, 5.74) is 0.148. The van der Waals surface area contributed by atoms with E-state index in [9.17, 15) is 9.59 Å². The second-order valence-electron chi connectivity index (χ2n) is 6.11. The number of carbonyl (C=O) groups is 2. The minimum absolute atomic E-state index is 0.0454. The Kier molecular flexibility index (Phi) is 5.08. The van der Waals surface area contributed by atoms with Crippen LogP contribution in [-0.4, -0.2) is 40.7 Å². The normalized spacial score (nSPS) is 24.3. The number of nitrogens with zero attached hydrogens (tertiary/aromatic N) is 1. The van der Waals surface area contributed by atoms with Crippen LogP contribution in [0.2, 0.25) is 0 Å². The Morgan fingerprint density at radius 2 is 1.89 bits per heavy atom. The van der Waals surface area contributed by atoms with Crippen molar-refractivity contribution in [2.45, 2.75) is 33.6 Å². The maximum atomic E-state index is 11.9. The van der Waals surface area contributed by atoms with Crippen molar-refractivity contribution in [1.29, 1.82) is 0 Å². The van der Waals surface area contributed by atoms with Gasteiger partial charge in [-0.05, 0) is 23.0 Å². The van der Waals surface area contributed by atoms with Crippen molar-refractivity contribution in [2.24, 2.45) is 17.3 Å². The molecule has 0 saturated carbocycles. The van der Waals surface area contributed by atoms with E-state index in [4.69, 9.17) is 5.11 Å². The van der Waals surface area contributed by atoms with Gasteiger partial charge in [0.25, 0.3) is 0 Å². The molecule has 104 valence electrons. The van der Waals surface area contributed by atoms with Crippen molar-refractivity contribution in [3.8, 4) is 0 Å². The van der Waals surface area contributed by atoms with Crippen molar-refractivity contribution in [1.82, 2.24) is 4.90 Å². The Labute approximate surface area is 114 Å². The first-order valence-corrected chi connectivity index (χ1v) is 6.99. The van der Waals surface area contributed by atoms with E-state index in [1.165, 1.54) is 0 Å². The van der Waals surface area contributed by atoms with Gasteiger partial charge >= 0.3 is 5.97 Å². The first kappa shape index (κ1) is 15.3. The predicted molar refractivity (Wildman–Crippen MR) is 73.7 cm³/mol. The van der Waals surface area contributed by atoms with Gasteiger partial charge in [-0.15, -0.1) is 0 Å². The minimum Gasteiger partial charge on any atom is -0.481 e. The fourth-order valence-electron chi connectivity index (χ4n) is 2.61. The van der Waals surface area contributed by atoms with Gasteiger partial charge in [-0.2, -0.15) is 12.6 Å². The van der Waals surface area contributed by atoms with E-state index in [-0.39, 0.29) is 24.2 Å². The molecule has 0 aromatic carbocycles. The highest BCUT2D eigenvalue weighted by Crippen LogP contribution is 2.38. The standard InChI is InChI=1S/C13H23NO3S/c1-13(2,3)10-7-14(6-9(10)8-18)11(15)4-5-12(16)17/h9-10,18H,4-8H2,1-3H3,(H,16,17). The fourth-order valence-corrected chi connectivity index (χ4v) is 2.98. The summed E-state index contributed by atoms with van der Waals surface area (Å²) in [6, 6.07) is 0. The first-order valence-electron chi connectivity index (χ1n) is 6.36. The molecule has 0 aromatic rings. The summed E-state index contributed by atoms with van der Waals surface area (Å²) in [7, 11) is 0. The van der Waals surface area contributed by atoms with Crippen LogP contribution >= 0.6 is 12.6 Å². The number of carbonyl (C=O) groups excluding carboxylic acids is 1. The second-order valence-corrected chi connectivity index (χ2v) is 6.47. The lowest BCUT2D eigenvalue weighted by Crippen LogP contribution is -2.31. The molecule has 1 saturated heterocycles. The Bertz CT molecular complexity index is 325. The summed E-state index contributed by atoms with van der Waals surface area (Å²) < 4.78 is 0. The Morgan fingerprint density at radius 1 is 1.28 bits per heavy atom. The number of hydrogen-bond acceptors (Lipinski definition) is 3. The van der Waals surface area contributed by atoms with Gasteiger partial charge in [0.15, 0.2) is 0 Å². The summed E-state index contributed by atoms with van der Waals surface area (Å²) in [6.07, 6.45) is 0.0204. The monoisotopic (exact) mass is 273 g/mol. The van der Waals surface area contributed by atoms with Crippen molar-refractivity contribution < 1.29 is 14.7 Å². The van der Waals surface area contributed by atoms with Crippen LogP contribution in [0.4, 0.5) is 0 Å². The first-order chi connectivity index (χ1) is 8.25. The van der Waals surface area contributed by atoms with Crippen LogP contribution in [0, 0.1) is 17.3 Å². The highest BCUT2D eigenvalue weighted by atomic mass is 32.1. The largest absolute Gasteiger partial charge is 0.481 e. The number of likely N-dealkylation sites (tertiary alicyclic amines) is 1. The molecule has 0 bridgehead atoms. The molecule has 1 fully saturated rings. The Morgan fingerprint density at radius 3 is 2.28 bits per heavy atom. The van der Waals surface area contributed by atoms with E-state index >= 15 is 0 Å². The van der Waals surface area contributed by atoms with Crippen LogP contribution in [0.25, 0.3) is 0 Å². The quantitative estimate of drug-likeness (QED) is 0.769. The van der Waals surface area contributed by atoms with E-state index in [1.54, 1.807) is 4.90 Å². The highest BCUT2D eigenvalue weighted by Gasteiger charge is 2.40. The molecular formula is C13H23NO3S. The van der Waals surface area contributed by atoms with E-state index in [2.05, 4.69) is 33.4 Å². The average Bonchev–Trinajstić information content (AvgIpc) is 2.69. The molecule has 1 rings (SSSR count). The van der Waals surface area contributed by atoms with Crippen LogP contribution in [0.1, 0.15) is 33.6 Å². The topological polar surface area (TPSA) is 57.6 Å². The van der Waals surface area contributed by atoms with E-state index in [0.717, 1.165) is 12.3 Å². The molecule has 1 heterocycles.